The van der Waals surface area contributed by atoms with Crippen LogP contribution in [0.4, 0.5) is 0 Å². The molecule has 21 heavy (non-hydrogen) atoms. The lowest BCUT2D eigenvalue weighted by atomic mass is 10.0. The number of amides is 3. The van der Waals surface area contributed by atoms with Gasteiger partial charge in [0.25, 0.3) is 0 Å². The summed E-state index contributed by atoms with van der Waals surface area (Å²) in [5, 5.41) is 1.97. The molecule has 5 nitrogen and oxygen atoms in total. The highest BCUT2D eigenvalue weighted by Crippen LogP contribution is 2.23. The Morgan fingerprint density at radius 3 is 2.43 bits per heavy atom. The van der Waals surface area contributed by atoms with Gasteiger partial charge in [-0.15, -0.1) is 11.3 Å². The number of imide groups is 1. The summed E-state index contributed by atoms with van der Waals surface area (Å²) >= 11 is 1.59. The Hall–Kier alpha value is -1.69. The number of piperidine rings is 1. The fourth-order valence-electron chi connectivity index (χ4n) is 3.05. The number of hydrogen-bond donors (Lipinski definition) is 0. The zero-order chi connectivity index (χ0) is 14.8. The number of rotatable bonds is 3. The molecule has 0 bridgehead atoms. The Balaban J connectivity index is 1.54. The van der Waals surface area contributed by atoms with Crippen LogP contribution < -0.4 is 0 Å². The SMILES string of the molecule is O=C(Cc1cccs1)N1CCC(N2C(=O)CCC2=O)CC1. The van der Waals surface area contributed by atoms with Gasteiger partial charge >= 0.3 is 0 Å². The van der Waals surface area contributed by atoms with E-state index in [-0.39, 0.29) is 23.8 Å². The van der Waals surface area contributed by atoms with Crippen LogP contribution in [0.2, 0.25) is 0 Å². The van der Waals surface area contributed by atoms with Crippen molar-refractivity contribution in [3.05, 3.63) is 22.4 Å². The summed E-state index contributed by atoms with van der Waals surface area (Å²) in [7, 11) is 0. The van der Waals surface area contributed by atoms with Crippen LogP contribution in [0.1, 0.15) is 30.6 Å². The van der Waals surface area contributed by atoms with Crippen LogP contribution in [-0.2, 0) is 20.8 Å². The second-order valence-corrected chi connectivity index (χ2v) is 6.56. The quantitative estimate of drug-likeness (QED) is 0.794. The minimum atomic E-state index is -0.0524. The molecule has 6 heteroatoms. The molecule has 2 aliphatic rings. The molecule has 0 unspecified atom stereocenters. The zero-order valence-corrected chi connectivity index (χ0v) is 12.6. The van der Waals surface area contributed by atoms with Gasteiger partial charge in [-0.05, 0) is 24.3 Å². The normalized spacial score (nSPS) is 20.4. The second kappa shape index (κ2) is 5.97. The highest BCUT2D eigenvalue weighted by Gasteiger charge is 2.37. The minimum absolute atomic E-state index is 0.0155. The van der Waals surface area contributed by atoms with Crippen LogP contribution in [0.25, 0.3) is 0 Å². The van der Waals surface area contributed by atoms with E-state index in [1.807, 2.05) is 22.4 Å². The standard InChI is InChI=1S/C15H18N2O3S/c18-13-3-4-14(19)17(13)11-5-7-16(8-6-11)15(20)10-12-2-1-9-21-12/h1-2,9,11H,3-8,10H2. The molecular formula is C15H18N2O3S. The summed E-state index contributed by atoms with van der Waals surface area (Å²) < 4.78 is 0. The van der Waals surface area contributed by atoms with E-state index in [4.69, 9.17) is 0 Å². The van der Waals surface area contributed by atoms with Gasteiger partial charge < -0.3 is 4.90 Å². The lowest BCUT2D eigenvalue weighted by Crippen LogP contribution is -2.48. The van der Waals surface area contributed by atoms with Crippen LogP contribution in [0.5, 0.6) is 0 Å². The van der Waals surface area contributed by atoms with E-state index in [0.29, 0.717) is 45.2 Å². The molecule has 0 atom stereocenters. The summed E-state index contributed by atoms with van der Waals surface area (Å²) in [4.78, 5) is 40.0. The third-order valence-corrected chi connectivity index (χ3v) is 5.05. The van der Waals surface area contributed by atoms with Crippen LogP contribution in [-0.4, -0.2) is 46.7 Å². The zero-order valence-electron chi connectivity index (χ0n) is 11.8. The molecule has 0 aliphatic carbocycles. The molecule has 1 aromatic rings. The van der Waals surface area contributed by atoms with Gasteiger partial charge in [-0.3, -0.25) is 19.3 Å². The van der Waals surface area contributed by atoms with Crippen molar-refractivity contribution in [2.24, 2.45) is 0 Å². The number of hydrogen-bond acceptors (Lipinski definition) is 4. The average Bonchev–Trinajstić information content (AvgIpc) is 3.09. The maximum absolute atomic E-state index is 12.2. The predicted octanol–water partition coefficient (Wildman–Crippen LogP) is 1.43. The summed E-state index contributed by atoms with van der Waals surface area (Å²) in [6.07, 6.45) is 2.54. The first-order valence-electron chi connectivity index (χ1n) is 7.30. The second-order valence-electron chi connectivity index (χ2n) is 5.53. The van der Waals surface area contributed by atoms with Crippen LogP contribution in [0.15, 0.2) is 17.5 Å². The first kappa shape index (κ1) is 14.3. The fourth-order valence-corrected chi connectivity index (χ4v) is 3.74. The number of nitrogens with zero attached hydrogens (tertiary/aromatic N) is 2. The first-order chi connectivity index (χ1) is 10.1. The van der Waals surface area contributed by atoms with E-state index in [9.17, 15) is 14.4 Å². The Kier molecular flexibility index (Phi) is 4.05. The van der Waals surface area contributed by atoms with Gasteiger partial charge in [0, 0.05) is 36.9 Å². The van der Waals surface area contributed by atoms with Crippen molar-refractivity contribution >= 4 is 29.1 Å². The number of likely N-dealkylation sites (tertiary alicyclic amines) is 2. The smallest absolute Gasteiger partial charge is 0.229 e. The lowest BCUT2D eigenvalue weighted by molar-refractivity contribution is -0.142. The number of carbonyl (C=O) groups is 3. The highest BCUT2D eigenvalue weighted by molar-refractivity contribution is 7.10. The maximum atomic E-state index is 12.2. The maximum Gasteiger partial charge on any atom is 0.229 e. The molecule has 1 aromatic heterocycles. The summed E-state index contributed by atoms with van der Waals surface area (Å²) in [5.74, 6) is 0.0294. The first-order valence-corrected chi connectivity index (χ1v) is 8.18. The number of thiophene rings is 1. The largest absolute Gasteiger partial charge is 0.342 e. The molecule has 3 rings (SSSR count). The highest BCUT2D eigenvalue weighted by atomic mass is 32.1. The van der Waals surface area contributed by atoms with Gasteiger partial charge in [0.15, 0.2) is 0 Å². The van der Waals surface area contributed by atoms with E-state index in [0.717, 1.165) is 4.88 Å². The molecule has 3 heterocycles. The Morgan fingerprint density at radius 2 is 1.86 bits per heavy atom. The van der Waals surface area contributed by atoms with Crippen molar-refractivity contribution in [3.63, 3.8) is 0 Å². The summed E-state index contributed by atoms with van der Waals surface area (Å²) in [5.41, 5.74) is 0. The number of carbonyl (C=O) groups excluding carboxylic acids is 3. The average molecular weight is 306 g/mol. The molecule has 2 aliphatic heterocycles. The van der Waals surface area contributed by atoms with Crippen molar-refractivity contribution < 1.29 is 14.4 Å². The van der Waals surface area contributed by atoms with E-state index >= 15 is 0 Å². The third kappa shape index (κ3) is 3.00. The van der Waals surface area contributed by atoms with Crippen LogP contribution >= 0.6 is 11.3 Å². The summed E-state index contributed by atoms with van der Waals surface area (Å²) in [6.45, 7) is 1.26. The monoisotopic (exact) mass is 306 g/mol. The lowest BCUT2D eigenvalue weighted by Gasteiger charge is -2.35. The predicted molar refractivity (Wildman–Crippen MR) is 78.7 cm³/mol. The van der Waals surface area contributed by atoms with Gasteiger partial charge in [-0.1, -0.05) is 6.07 Å². The van der Waals surface area contributed by atoms with Crippen molar-refractivity contribution in [1.82, 2.24) is 9.80 Å². The summed E-state index contributed by atoms with van der Waals surface area (Å²) in [6, 6.07) is 3.90. The van der Waals surface area contributed by atoms with E-state index in [2.05, 4.69) is 0 Å². The van der Waals surface area contributed by atoms with Gasteiger partial charge in [0.05, 0.1) is 6.42 Å². The molecule has 2 fully saturated rings. The van der Waals surface area contributed by atoms with E-state index in [1.54, 1.807) is 11.3 Å². The molecular weight excluding hydrogens is 288 g/mol. The molecule has 0 spiro atoms. The molecule has 112 valence electrons. The molecule has 0 saturated carbocycles. The molecule has 0 N–H and O–H groups in total. The van der Waals surface area contributed by atoms with E-state index in [1.165, 1.54) is 4.90 Å². The third-order valence-electron chi connectivity index (χ3n) is 4.18. The fraction of sp³-hybridized carbons (Fsp3) is 0.533. The van der Waals surface area contributed by atoms with Gasteiger partial charge in [-0.25, -0.2) is 0 Å². The molecule has 2 saturated heterocycles. The Labute approximate surface area is 127 Å². The van der Waals surface area contributed by atoms with Gasteiger partial charge in [0.1, 0.15) is 0 Å². The molecule has 0 aromatic carbocycles. The molecule has 0 radical (unpaired) electrons. The van der Waals surface area contributed by atoms with Crippen molar-refractivity contribution in [3.8, 4) is 0 Å². The van der Waals surface area contributed by atoms with Gasteiger partial charge in [0.2, 0.25) is 17.7 Å². The topological polar surface area (TPSA) is 57.7 Å². The van der Waals surface area contributed by atoms with Gasteiger partial charge in [-0.2, -0.15) is 0 Å². The Morgan fingerprint density at radius 1 is 1.19 bits per heavy atom. The van der Waals surface area contributed by atoms with E-state index < -0.39 is 0 Å². The van der Waals surface area contributed by atoms with Crippen molar-refractivity contribution in [2.45, 2.75) is 38.1 Å². The molecule has 3 amide bonds. The minimum Gasteiger partial charge on any atom is -0.342 e. The van der Waals surface area contributed by atoms with Crippen molar-refractivity contribution in [1.29, 1.82) is 0 Å². The van der Waals surface area contributed by atoms with Crippen LogP contribution in [0, 0.1) is 0 Å². The van der Waals surface area contributed by atoms with Crippen molar-refractivity contribution in [2.75, 3.05) is 13.1 Å². The Bertz CT molecular complexity index is 531. The van der Waals surface area contributed by atoms with Crippen LogP contribution in [0.3, 0.4) is 0 Å².